The van der Waals surface area contributed by atoms with E-state index in [4.69, 9.17) is 0 Å². The maximum Gasteiger partial charge on any atom is 0.252 e. The van der Waals surface area contributed by atoms with Gasteiger partial charge >= 0.3 is 0 Å². The molecule has 2 fully saturated rings. The Morgan fingerprint density at radius 1 is 1.11 bits per heavy atom. The molecule has 2 aromatic rings. The van der Waals surface area contributed by atoms with E-state index >= 15 is 0 Å². The van der Waals surface area contributed by atoms with Gasteiger partial charge in [0.15, 0.2) is 0 Å². The number of sulfonamides is 1. The van der Waals surface area contributed by atoms with Crippen LogP contribution in [0.5, 0.6) is 0 Å². The molecule has 0 aliphatic carbocycles. The minimum atomic E-state index is -3.39. The largest absolute Gasteiger partial charge is 0.297 e. The van der Waals surface area contributed by atoms with Crippen LogP contribution in [0.3, 0.4) is 0 Å². The Morgan fingerprint density at radius 2 is 1.89 bits per heavy atom. The summed E-state index contributed by atoms with van der Waals surface area (Å²) in [6.45, 7) is 8.07. The monoisotopic (exact) mass is 419 g/mol. The Hall–Kier alpha value is -1.28. The number of thiophene rings is 1. The van der Waals surface area contributed by atoms with Crippen molar-refractivity contribution in [1.29, 1.82) is 0 Å². The van der Waals surface area contributed by atoms with E-state index in [1.165, 1.54) is 11.3 Å². The summed E-state index contributed by atoms with van der Waals surface area (Å²) in [5.74, 6) is 0. The second-order valence-electron chi connectivity index (χ2n) is 8.42. The van der Waals surface area contributed by atoms with Gasteiger partial charge in [0.05, 0.1) is 5.69 Å². The van der Waals surface area contributed by atoms with Crippen LogP contribution in [0.25, 0.3) is 0 Å². The summed E-state index contributed by atoms with van der Waals surface area (Å²) in [7, 11) is -3.39. The van der Waals surface area contributed by atoms with Crippen molar-refractivity contribution >= 4 is 21.4 Å². The van der Waals surface area contributed by atoms with E-state index in [2.05, 4.69) is 22.0 Å². The lowest BCUT2D eigenvalue weighted by Gasteiger charge is -2.48. The first-order valence-corrected chi connectivity index (χ1v) is 12.4. The van der Waals surface area contributed by atoms with Gasteiger partial charge in [0.2, 0.25) is 0 Å². The summed E-state index contributed by atoms with van der Waals surface area (Å²) in [5.41, 5.74) is 3.08. The van der Waals surface area contributed by atoms with E-state index in [9.17, 15) is 8.42 Å². The third-order valence-electron chi connectivity index (χ3n) is 6.09. The molecule has 0 aromatic carbocycles. The molecule has 2 aliphatic heterocycles. The average Bonchev–Trinajstić information content (AvgIpc) is 3.09. The lowest BCUT2D eigenvalue weighted by atomic mass is 9.74. The zero-order chi connectivity index (χ0) is 19.8. The van der Waals surface area contributed by atoms with Crippen molar-refractivity contribution in [3.63, 3.8) is 0 Å². The van der Waals surface area contributed by atoms with Crippen LogP contribution >= 0.6 is 11.3 Å². The summed E-state index contributed by atoms with van der Waals surface area (Å²) in [5, 5.41) is 1.87. The molecule has 0 N–H and O–H groups in total. The second-order valence-corrected chi connectivity index (χ2v) is 11.5. The zero-order valence-electron chi connectivity index (χ0n) is 16.7. The van der Waals surface area contributed by atoms with E-state index in [-0.39, 0.29) is 5.41 Å². The van der Waals surface area contributed by atoms with E-state index < -0.39 is 10.0 Å². The maximum absolute atomic E-state index is 13.2. The molecule has 152 valence electrons. The van der Waals surface area contributed by atoms with Gasteiger partial charge in [-0.3, -0.25) is 9.88 Å². The smallest absolute Gasteiger partial charge is 0.252 e. The summed E-state index contributed by atoms with van der Waals surface area (Å²) in [6, 6.07) is 8.08. The fourth-order valence-corrected chi connectivity index (χ4v) is 7.94. The molecule has 7 heteroatoms. The summed E-state index contributed by atoms with van der Waals surface area (Å²) >= 11 is 1.34. The molecule has 5 nitrogen and oxygen atoms in total. The SMILES string of the molecule is Cc1cccc(CN2CCCC3(CCCN(S(=O)(=O)c4sccc4C)C3)C2)n1. The van der Waals surface area contributed by atoms with E-state index in [0.29, 0.717) is 17.3 Å². The van der Waals surface area contributed by atoms with Crippen molar-refractivity contribution in [3.05, 3.63) is 46.6 Å². The van der Waals surface area contributed by atoms with Gasteiger partial charge in [-0.2, -0.15) is 4.31 Å². The number of likely N-dealkylation sites (tertiary alicyclic amines) is 1. The van der Waals surface area contributed by atoms with Crippen molar-refractivity contribution in [3.8, 4) is 0 Å². The Morgan fingerprint density at radius 3 is 2.61 bits per heavy atom. The molecule has 4 rings (SSSR count). The first kappa shape index (κ1) is 20.0. The predicted octanol–water partition coefficient (Wildman–Crippen LogP) is 3.83. The molecular formula is C21H29N3O2S2. The van der Waals surface area contributed by atoms with Gasteiger partial charge in [-0.15, -0.1) is 11.3 Å². The minimum absolute atomic E-state index is 0.0680. The molecule has 1 atom stereocenters. The number of rotatable bonds is 4. The van der Waals surface area contributed by atoms with E-state index in [1.807, 2.05) is 31.4 Å². The van der Waals surface area contributed by atoms with Crippen LogP contribution < -0.4 is 0 Å². The Labute approximate surface area is 172 Å². The number of hydrogen-bond donors (Lipinski definition) is 0. The first-order valence-electron chi connectivity index (χ1n) is 10.1. The molecule has 2 aliphatic rings. The topological polar surface area (TPSA) is 53.5 Å². The van der Waals surface area contributed by atoms with E-state index in [1.54, 1.807) is 4.31 Å². The lowest BCUT2D eigenvalue weighted by Crippen LogP contribution is -2.53. The van der Waals surface area contributed by atoms with Crippen LogP contribution in [-0.4, -0.2) is 48.8 Å². The van der Waals surface area contributed by atoms with Crippen molar-refractivity contribution < 1.29 is 8.42 Å². The number of piperidine rings is 2. The minimum Gasteiger partial charge on any atom is -0.297 e. The molecular weight excluding hydrogens is 390 g/mol. The fourth-order valence-electron chi connectivity index (χ4n) is 4.80. The lowest BCUT2D eigenvalue weighted by molar-refractivity contribution is 0.0356. The van der Waals surface area contributed by atoms with Gasteiger partial charge in [0.25, 0.3) is 10.0 Å². The summed E-state index contributed by atoms with van der Waals surface area (Å²) < 4.78 is 28.7. The summed E-state index contributed by atoms with van der Waals surface area (Å²) in [6.07, 6.45) is 4.29. The molecule has 0 bridgehead atoms. The number of hydrogen-bond acceptors (Lipinski definition) is 5. The van der Waals surface area contributed by atoms with Crippen LogP contribution in [0.2, 0.25) is 0 Å². The molecule has 4 heterocycles. The molecule has 0 radical (unpaired) electrons. The molecule has 2 saturated heterocycles. The van der Waals surface area contributed by atoms with Gasteiger partial charge in [0, 0.05) is 31.9 Å². The number of aryl methyl sites for hydroxylation is 2. The van der Waals surface area contributed by atoms with Crippen molar-refractivity contribution in [2.45, 2.75) is 50.3 Å². The third kappa shape index (κ3) is 4.03. The molecule has 0 saturated carbocycles. The normalized spacial score (nSPS) is 24.6. The first-order chi connectivity index (χ1) is 13.4. The predicted molar refractivity (Wildman–Crippen MR) is 113 cm³/mol. The second kappa shape index (κ2) is 7.86. The van der Waals surface area contributed by atoms with Crippen molar-refractivity contribution in [2.75, 3.05) is 26.2 Å². The van der Waals surface area contributed by atoms with Gasteiger partial charge in [-0.25, -0.2) is 8.42 Å². The molecule has 2 aromatic heterocycles. The Bertz CT molecular complexity index is 937. The van der Waals surface area contributed by atoms with Gasteiger partial charge < -0.3 is 0 Å². The average molecular weight is 420 g/mol. The van der Waals surface area contributed by atoms with Gasteiger partial charge in [-0.05, 0) is 80.6 Å². The fraction of sp³-hybridized carbons (Fsp3) is 0.571. The van der Waals surface area contributed by atoms with Crippen LogP contribution in [0.4, 0.5) is 0 Å². The van der Waals surface area contributed by atoms with Gasteiger partial charge in [-0.1, -0.05) is 6.07 Å². The van der Waals surface area contributed by atoms with Crippen molar-refractivity contribution in [2.24, 2.45) is 5.41 Å². The Kier molecular flexibility index (Phi) is 5.62. The quantitative estimate of drug-likeness (QED) is 0.756. The Balaban J connectivity index is 1.50. The number of pyridine rings is 1. The maximum atomic E-state index is 13.2. The molecule has 1 spiro atoms. The molecule has 28 heavy (non-hydrogen) atoms. The number of nitrogens with zero attached hydrogens (tertiary/aromatic N) is 3. The highest BCUT2D eigenvalue weighted by molar-refractivity contribution is 7.91. The highest BCUT2D eigenvalue weighted by Gasteiger charge is 2.43. The number of aromatic nitrogens is 1. The van der Waals surface area contributed by atoms with E-state index in [0.717, 1.165) is 62.3 Å². The third-order valence-corrected chi connectivity index (χ3v) is 9.60. The van der Waals surface area contributed by atoms with Crippen LogP contribution in [0.15, 0.2) is 33.9 Å². The van der Waals surface area contributed by atoms with Crippen LogP contribution in [-0.2, 0) is 16.6 Å². The molecule has 0 amide bonds. The standard InChI is InChI=1S/C21H29N3O2S2/c1-17-8-13-27-20(17)28(25,26)24-12-5-10-21(16-24)9-4-11-23(15-21)14-19-7-3-6-18(2)22-19/h3,6-8,13H,4-5,9-12,14-16H2,1-2H3. The van der Waals surface area contributed by atoms with Crippen molar-refractivity contribution in [1.82, 2.24) is 14.2 Å². The highest BCUT2D eigenvalue weighted by atomic mass is 32.2. The highest BCUT2D eigenvalue weighted by Crippen LogP contribution is 2.41. The zero-order valence-corrected chi connectivity index (χ0v) is 18.4. The molecule has 1 unspecified atom stereocenters. The summed E-state index contributed by atoms with van der Waals surface area (Å²) in [4.78, 5) is 7.12. The van der Waals surface area contributed by atoms with Crippen LogP contribution in [0.1, 0.15) is 42.6 Å². The van der Waals surface area contributed by atoms with Gasteiger partial charge in [0.1, 0.15) is 4.21 Å². The van der Waals surface area contributed by atoms with Crippen LogP contribution in [0, 0.1) is 19.3 Å².